The lowest BCUT2D eigenvalue weighted by Gasteiger charge is -2.24. The van der Waals surface area contributed by atoms with Crippen LogP contribution in [0.4, 0.5) is 0 Å². The molecule has 2 aromatic carbocycles. The van der Waals surface area contributed by atoms with Crippen LogP contribution in [-0.4, -0.2) is 12.0 Å². The van der Waals surface area contributed by atoms with Crippen molar-refractivity contribution in [3.63, 3.8) is 0 Å². The summed E-state index contributed by atoms with van der Waals surface area (Å²) in [6.07, 6.45) is 0.698. The average Bonchev–Trinajstić information content (AvgIpc) is 2.53. The van der Waals surface area contributed by atoms with Gasteiger partial charge in [-0.3, -0.25) is 4.79 Å². The third-order valence-electron chi connectivity index (χ3n) is 3.59. The third kappa shape index (κ3) is 2.89. The molecule has 0 aliphatic carbocycles. The van der Waals surface area contributed by atoms with Crippen molar-refractivity contribution >= 4 is 5.97 Å². The van der Waals surface area contributed by atoms with E-state index in [1.54, 1.807) is 0 Å². The molecule has 3 heteroatoms. The van der Waals surface area contributed by atoms with Gasteiger partial charge >= 0.3 is 5.97 Å². The molecule has 0 bridgehead atoms. The molecular formula is C17H17NO2. The van der Waals surface area contributed by atoms with Gasteiger partial charge in [-0.15, -0.1) is 0 Å². The maximum absolute atomic E-state index is 12.1. The van der Waals surface area contributed by atoms with Crippen molar-refractivity contribution in [1.82, 2.24) is 5.32 Å². The Morgan fingerprint density at radius 3 is 2.55 bits per heavy atom. The fourth-order valence-electron chi connectivity index (χ4n) is 2.45. The minimum Gasteiger partial charge on any atom is -0.460 e. The zero-order valence-corrected chi connectivity index (χ0v) is 11.2. The molecule has 0 fully saturated rings. The molecule has 3 rings (SSSR count). The normalized spacial score (nSPS) is 17.3. The zero-order chi connectivity index (χ0) is 13.8. The van der Waals surface area contributed by atoms with Gasteiger partial charge in [0.25, 0.3) is 0 Å². The third-order valence-corrected chi connectivity index (χ3v) is 3.59. The molecule has 1 unspecified atom stereocenters. The topological polar surface area (TPSA) is 38.3 Å². The van der Waals surface area contributed by atoms with Crippen LogP contribution in [0.15, 0.2) is 54.6 Å². The van der Waals surface area contributed by atoms with Crippen molar-refractivity contribution in [3.05, 3.63) is 71.3 Å². The second kappa shape index (κ2) is 5.88. The smallest absolute Gasteiger partial charge is 0.323 e. The van der Waals surface area contributed by atoms with Crippen molar-refractivity contribution < 1.29 is 9.53 Å². The first-order valence-corrected chi connectivity index (χ1v) is 6.83. The van der Waals surface area contributed by atoms with Crippen molar-refractivity contribution in [1.29, 1.82) is 0 Å². The largest absolute Gasteiger partial charge is 0.460 e. The first-order chi connectivity index (χ1) is 9.83. The van der Waals surface area contributed by atoms with Crippen LogP contribution in [0.5, 0.6) is 0 Å². The predicted octanol–water partition coefficient (Wildman–Crippen LogP) is 2.44. The molecular weight excluding hydrogens is 250 g/mol. The van der Waals surface area contributed by atoms with Gasteiger partial charge in [0.05, 0.1) is 0 Å². The van der Waals surface area contributed by atoms with E-state index in [9.17, 15) is 4.79 Å². The van der Waals surface area contributed by atoms with Crippen LogP contribution in [0.2, 0.25) is 0 Å². The number of ether oxygens (including phenoxy) is 1. The van der Waals surface area contributed by atoms with Gasteiger partial charge in [-0.2, -0.15) is 0 Å². The van der Waals surface area contributed by atoms with Crippen LogP contribution < -0.4 is 5.32 Å². The highest BCUT2D eigenvalue weighted by Crippen LogP contribution is 2.17. The maximum atomic E-state index is 12.1. The summed E-state index contributed by atoms with van der Waals surface area (Å²) in [5.74, 6) is -0.177. The Morgan fingerprint density at radius 1 is 1.05 bits per heavy atom. The maximum Gasteiger partial charge on any atom is 0.323 e. The zero-order valence-electron chi connectivity index (χ0n) is 11.2. The number of esters is 1. The number of hydrogen-bond donors (Lipinski definition) is 1. The van der Waals surface area contributed by atoms with Crippen molar-refractivity contribution in [2.75, 3.05) is 0 Å². The van der Waals surface area contributed by atoms with Crippen LogP contribution in [0, 0.1) is 0 Å². The molecule has 0 amide bonds. The van der Waals surface area contributed by atoms with Crippen LogP contribution in [0.1, 0.15) is 16.7 Å². The van der Waals surface area contributed by atoms with Gasteiger partial charge in [0.2, 0.25) is 0 Å². The Morgan fingerprint density at radius 2 is 1.75 bits per heavy atom. The van der Waals surface area contributed by atoms with E-state index in [4.69, 9.17) is 4.74 Å². The standard InChI is InChI=1S/C17H17NO2/c19-17(20-12-13-6-2-1-3-7-13)16-10-14-8-4-5-9-15(14)11-18-16/h1-9,16,18H,10-12H2. The van der Waals surface area contributed by atoms with E-state index in [1.807, 2.05) is 42.5 Å². The van der Waals surface area contributed by atoms with Crippen LogP contribution >= 0.6 is 0 Å². The first-order valence-electron chi connectivity index (χ1n) is 6.83. The van der Waals surface area contributed by atoms with Gasteiger partial charge in [-0.05, 0) is 23.1 Å². The van der Waals surface area contributed by atoms with E-state index in [0.29, 0.717) is 13.0 Å². The summed E-state index contributed by atoms with van der Waals surface area (Å²) in [5.41, 5.74) is 3.50. The number of benzene rings is 2. The van der Waals surface area contributed by atoms with E-state index in [-0.39, 0.29) is 12.0 Å². The Balaban J connectivity index is 1.59. The summed E-state index contributed by atoms with van der Waals surface area (Å²) < 4.78 is 5.38. The molecule has 0 saturated carbocycles. The molecule has 0 spiro atoms. The molecule has 3 nitrogen and oxygen atoms in total. The quantitative estimate of drug-likeness (QED) is 0.868. The molecule has 1 aliphatic heterocycles. The average molecular weight is 267 g/mol. The Labute approximate surface area is 118 Å². The summed E-state index contributed by atoms with van der Waals surface area (Å²) in [4.78, 5) is 12.1. The van der Waals surface area contributed by atoms with Crippen LogP contribution in [0.25, 0.3) is 0 Å². The van der Waals surface area contributed by atoms with Gasteiger partial charge in [0, 0.05) is 6.54 Å². The number of nitrogens with one attached hydrogen (secondary N) is 1. The minimum absolute atomic E-state index is 0.177. The van der Waals surface area contributed by atoms with Gasteiger partial charge in [0.15, 0.2) is 0 Å². The number of carbonyl (C=O) groups excluding carboxylic acids is 1. The lowest BCUT2D eigenvalue weighted by Crippen LogP contribution is -2.42. The Kier molecular flexibility index (Phi) is 3.79. The molecule has 1 aliphatic rings. The highest BCUT2D eigenvalue weighted by atomic mass is 16.5. The number of fused-ring (bicyclic) bond motifs is 1. The number of rotatable bonds is 3. The van der Waals surface area contributed by atoms with E-state index in [2.05, 4.69) is 17.4 Å². The number of carbonyl (C=O) groups is 1. The molecule has 0 radical (unpaired) electrons. The molecule has 0 aromatic heterocycles. The van der Waals surface area contributed by atoms with E-state index < -0.39 is 0 Å². The Bertz CT molecular complexity index is 595. The highest BCUT2D eigenvalue weighted by molar-refractivity contribution is 5.76. The second-order valence-electron chi connectivity index (χ2n) is 5.00. The van der Waals surface area contributed by atoms with E-state index >= 15 is 0 Å². The van der Waals surface area contributed by atoms with Crippen LogP contribution in [-0.2, 0) is 29.1 Å². The van der Waals surface area contributed by atoms with Gasteiger partial charge in [-0.25, -0.2) is 0 Å². The summed E-state index contributed by atoms with van der Waals surface area (Å²) in [6, 6.07) is 17.7. The molecule has 1 N–H and O–H groups in total. The summed E-state index contributed by atoms with van der Waals surface area (Å²) >= 11 is 0. The Hall–Kier alpha value is -2.13. The molecule has 1 atom stereocenters. The lowest BCUT2D eigenvalue weighted by atomic mass is 9.96. The molecule has 0 saturated heterocycles. The van der Waals surface area contributed by atoms with Gasteiger partial charge in [-0.1, -0.05) is 54.6 Å². The molecule has 20 heavy (non-hydrogen) atoms. The number of hydrogen-bond acceptors (Lipinski definition) is 3. The van der Waals surface area contributed by atoms with Gasteiger partial charge in [0.1, 0.15) is 12.6 Å². The van der Waals surface area contributed by atoms with Crippen molar-refractivity contribution in [2.24, 2.45) is 0 Å². The van der Waals surface area contributed by atoms with E-state index in [1.165, 1.54) is 11.1 Å². The molecule has 1 heterocycles. The van der Waals surface area contributed by atoms with Crippen LogP contribution in [0.3, 0.4) is 0 Å². The van der Waals surface area contributed by atoms with Crippen molar-refractivity contribution in [3.8, 4) is 0 Å². The fourth-order valence-corrected chi connectivity index (χ4v) is 2.45. The lowest BCUT2D eigenvalue weighted by molar-refractivity contribution is -0.147. The summed E-state index contributed by atoms with van der Waals surface area (Å²) in [5, 5.41) is 3.24. The first kappa shape index (κ1) is 12.9. The highest BCUT2D eigenvalue weighted by Gasteiger charge is 2.24. The predicted molar refractivity (Wildman–Crippen MR) is 77.0 cm³/mol. The molecule has 102 valence electrons. The summed E-state index contributed by atoms with van der Waals surface area (Å²) in [6.45, 7) is 1.06. The molecule has 2 aromatic rings. The second-order valence-corrected chi connectivity index (χ2v) is 5.00. The van der Waals surface area contributed by atoms with E-state index in [0.717, 1.165) is 12.1 Å². The summed E-state index contributed by atoms with van der Waals surface area (Å²) in [7, 11) is 0. The monoisotopic (exact) mass is 267 g/mol. The fraction of sp³-hybridized carbons (Fsp3) is 0.235. The SMILES string of the molecule is O=C(OCc1ccccc1)C1Cc2ccccc2CN1. The van der Waals surface area contributed by atoms with Crippen molar-refractivity contribution in [2.45, 2.75) is 25.6 Å². The minimum atomic E-state index is -0.242. The van der Waals surface area contributed by atoms with Gasteiger partial charge < -0.3 is 10.1 Å².